The Balaban J connectivity index is 2.11. The quantitative estimate of drug-likeness (QED) is 0.748. The van der Waals surface area contributed by atoms with E-state index in [0.717, 1.165) is 11.6 Å². The summed E-state index contributed by atoms with van der Waals surface area (Å²) in [5.41, 5.74) is 0. The maximum Gasteiger partial charge on any atom is 0.131 e. The molecule has 0 bridgehead atoms. The van der Waals surface area contributed by atoms with Gasteiger partial charge in [0.1, 0.15) is 16.7 Å². The lowest BCUT2D eigenvalue weighted by atomic mass is 10.4. The molecule has 0 atom stereocenters. The zero-order chi connectivity index (χ0) is 10.7. The SMILES string of the molecule is CN(Cc1ccco1)c1cccc(Cl)n1. The molecule has 0 saturated carbocycles. The molecule has 0 spiro atoms. The molecular formula is C11H11ClN2O. The van der Waals surface area contributed by atoms with Gasteiger partial charge in [0.25, 0.3) is 0 Å². The van der Waals surface area contributed by atoms with Gasteiger partial charge in [-0.3, -0.25) is 0 Å². The standard InChI is InChI=1S/C11H11ClN2O/c1-14(8-9-4-3-7-15-9)11-6-2-5-10(12)13-11/h2-7H,8H2,1H3. The third kappa shape index (κ3) is 2.50. The molecular weight excluding hydrogens is 212 g/mol. The number of anilines is 1. The second kappa shape index (κ2) is 4.36. The van der Waals surface area contributed by atoms with Gasteiger partial charge in [-0.05, 0) is 24.3 Å². The zero-order valence-corrected chi connectivity index (χ0v) is 9.11. The Morgan fingerprint density at radius 3 is 2.87 bits per heavy atom. The first-order chi connectivity index (χ1) is 7.25. The lowest BCUT2D eigenvalue weighted by molar-refractivity contribution is 0.507. The number of nitrogens with zero attached hydrogens (tertiary/aromatic N) is 2. The van der Waals surface area contributed by atoms with Crippen LogP contribution in [0.3, 0.4) is 0 Å². The highest BCUT2D eigenvalue weighted by molar-refractivity contribution is 6.29. The maximum atomic E-state index is 5.81. The van der Waals surface area contributed by atoms with E-state index in [4.69, 9.17) is 16.0 Å². The van der Waals surface area contributed by atoms with Crippen molar-refractivity contribution in [2.24, 2.45) is 0 Å². The second-order valence-electron chi connectivity index (χ2n) is 3.25. The first kappa shape index (κ1) is 10.1. The average molecular weight is 223 g/mol. The average Bonchev–Trinajstić information content (AvgIpc) is 2.70. The Bertz CT molecular complexity index is 428. The summed E-state index contributed by atoms with van der Waals surface area (Å²) >= 11 is 5.81. The van der Waals surface area contributed by atoms with E-state index in [2.05, 4.69) is 4.98 Å². The van der Waals surface area contributed by atoms with E-state index in [9.17, 15) is 0 Å². The van der Waals surface area contributed by atoms with Gasteiger partial charge in [0.05, 0.1) is 12.8 Å². The molecule has 2 rings (SSSR count). The summed E-state index contributed by atoms with van der Waals surface area (Å²) in [7, 11) is 1.95. The van der Waals surface area contributed by atoms with Crippen LogP contribution >= 0.6 is 11.6 Å². The van der Waals surface area contributed by atoms with Crippen LogP contribution in [0.2, 0.25) is 5.15 Å². The lowest BCUT2D eigenvalue weighted by Gasteiger charge is -2.16. The maximum absolute atomic E-state index is 5.81. The van der Waals surface area contributed by atoms with Crippen molar-refractivity contribution in [3.63, 3.8) is 0 Å². The lowest BCUT2D eigenvalue weighted by Crippen LogP contribution is -2.17. The molecule has 0 aliphatic heterocycles. The van der Waals surface area contributed by atoms with Crippen molar-refractivity contribution in [2.45, 2.75) is 6.54 Å². The Hall–Kier alpha value is -1.48. The van der Waals surface area contributed by atoms with Crippen LogP contribution in [0.5, 0.6) is 0 Å². The third-order valence-corrected chi connectivity index (χ3v) is 2.28. The van der Waals surface area contributed by atoms with Gasteiger partial charge in [-0.1, -0.05) is 17.7 Å². The highest BCUT2D eigenvalue weighted by Gasteiger charge is 2.05. The van der Waals surface area contributed by atoms with Crippen molar-refractivity contribution < 1.29 is 4.42 Å². The van der Waals surface area contributed by atoms with Crippen molar-refractivity contribution in [3.05, 3.63) is 47.5 Å². The van der Waals surface area contributed by atoms with Crippen LogP contribution < -0.4 is 4.90 Å². The molecule has 0 amide bonds. The molecule has 2 heterocycles. The summed E-state index contributed by atoms with van der Waals surface area (Å²) in [6.07, 6.45) is 1.66. The fourth-order valence-electron chi connectivity index (χ4n) is 1.33. The fraction of sp³-hybridized carbons (Fsp3) is 0.182. The summed E-state index contributed by atoms with van der Waals surface area (Å²) in [5.74, 6) is 1.73. The molecule has 15 heavy (non-hydrogen) atoms. The smallest absolute Gasteiger partial charge is 0.131 e. The summed E-state index contributed by atoms with van der Waals surface area (Å²) < 4.78 is 5.25. The van der Waals surface area contributed by atoms with Crippen LogP contribution in [0, 0.1) is 0 Å². The summed E-state index contributed by atoms with van der Waals surface area (Å²) in [5, 5.41) is 0.499. The molecule has 0 aromatic carbocycles. The second-order valence-corrected chi connectivity index (χ2v) is 3.64. The number of halogens is 1. The van der Waals surface area contributed by atoms with Crippen molar-refractivity contribution in [3.8, 4) is 0 Å². The number of aromatic nitrogens is 1. The molecule has 78 valence electrons. The third-order valence-electron chi connectivity index (χ3n) is 2.06. The Morgan fingerprint density at radius 2 is 2.20 bits per heavy atom. The molecule has 3 nitrogen and oxygen atoms in total. The van der Waals surface area contributed by atoms with E-state index >= 15 is 0 Å². The topological polar surface area (TPSA) is 29.3 Å². The summed E-state index contributed by atoms with van der Waals surface area (Å²) in [6, 6.07) is 9.35. The van der Waals surface area contributed by atoms with Gasteiger partial charge in [0, 0.05) is 7.05 Å². The Morgan fingerprint density at radius 1 is 1.33 bits per heavy atom. The van der Waals surface area contributed by atoms with E-state index in [0.29, 0.717) is 11.7 Å². The van der Waals surface area contributed by atoms with Gasteiger partial charge in [-0.2, -0.15) is 0 Å². The van der Waals surface area contributed by atoms with Gasteiger partial charge in [0.2, 0.25) is 0 Å². The van der Waals surface area contributed by atoms with Crippen LogP contribution in [0.1, 0.15) is 5.76 Å². The van der Waals surface area contributed by atoms with Crippen LogP contribution in [0.15, 0.2) is 41.0 Å². The van der Waals surface area contributed by atoms with Crippen LogP contribution in [-0.2, 0) is 6.54 Å². The zero-order valence-electron chi connectivity index (χ0n) is 8.35. The van der Waals surface area contributed by atoms with Crippen LogP contribution in [-0.4, -0.2) is 12.0 Å². The molecule has 0 unspecified atom stereocenters. The van der Waals surface area contributed by atoms with Gasteiger partial charge >= 0.3 is 0 Å². The van der Waals surface area contributed by atoms with E-state index < -0.39 is 0 Å². The summed E-state index contributed by atoms with van der Waals surface area (Å²) in [6.45, 7) is 0.681. The molecule has 4 heteroatoms. The minimum atomic E-state index is 0.499. The molecule has 0 saturated heterocycles. The monoisotopic (exact) mass is 222 g/mol. The first-order valence-corrected chi connectivity index (χ1v) is 4.99. The van der Waals surface area contributed by atoms with E-state index in [1.54, 1.807) is 12.3 Å². The normalized spacial score (nSPS) is 10.3. The van der Waals surface area contributed by atoms with E-state index in [1.165, 1.54) is 0 Å². The first-order valence-electron chi connectivity index (χ1n) is 4.62. The van der Waals surface area contributed by atoms with Crippen LogP contribution in [0.4, 0.5) is 5.82 Å². The number of rotatable bonds is 3. The number of pyridine rings is 1. The number of hydrogen-bond acceptors (Lipinski definition) is 3. The minimum Gasteiger partial charge on any atom is -0.467 e. The predicted molar refractivity (Wildman–Crippen MR) is 60.1 cm³/mol. The van der Waals surface area contributed by atoms with E-state index in [1.807, 2.05) is 36.2 Å². The minimum absolute atomic E-state index is 0.499. The largest absolute Gasteiger partial charge is 0.467 e. The predicted octanol–water partition coefficient (Wildman–Crippen LogP) is 2.96. The van der Waals surface area contributed by atoms with Gasteiger partial charge in [-0.15, -0.1) is 0 Å². The fourth-order valence-corrected chi connectivity index (χ4v) is 1.49. The highest BCUT2D eigenvalue weighted by Crippen LogP contribution is 2.15. The van der Waals surface area contributed by atoms with Crippen molar-refractivity contribution in [2.75, 3.05) is 11.9 Å². The van der Waals surface area contributed by atoms with Crippen molar-refractivity contribution in [1.82, 2.24) is 4.98 Å². The van der Waals surface area contributed by atoms with Gasteiger partial charge < -0.3 is 9.32 Å². The highest BCUT2D eigenvalue weighted by atomic mass is 35.5. The van der Waals surface area contributed by atoms with Gasteiger partial charge in [-0.25, -0.2) is 4.98 Å². The number of hydrogen-bond donors (Lipinski definition) is 0. The van der Waals surface area contributed by atoms with Gasteiger partial charge in [0.15, 0.2) is 0 Å². The summed E-state index contributed by atoms with van der Waals surface area (Å²) in [4.78, 5) is 6.18. The molecule has 0 N–H and O–H groups in total. The molecule has 2 aromatic rings. The van der Waals surface area contributed by atoms with Crippen molar-refractivity contribution in [1.29, 1.82) is 0 Å². The molecule has 0 aliphatic carbocycles. The Kier molecular flexibility index (Phi) is 2.92. The molecule has 0 aliphatic rings. The molecule has 0 radical (unpaired) electrons. The van der Waals surface area contributed by atoms with E-state index in [-0.39, 0.29) is 0 Å². The number of furan rings is 1. The van der Waals surface area contributed by atoms with Crippen molar-refractivity contribution >= 4 is 17.4 Å². The molecule has 2 aromatic heterocycles. The molecule has 0 fully saturated rings. The van der Waals surface area contributed by atoms with Crippen LogP contribution in [0.25, 0.3) is 0 Å². The Labute approximate surface area is 93.3 Å².